The first kappa shape index (κ1) is 22.2. The van der Waals surface area contributed by atoms with E-state index in [1.807, 2.05) is 0 Å². The van der Waals surface area contributed by atoms with Gasteiger partial charge in [-0.3, -0.25) is 4.18 Å². The lowest BCUT2D eigenvalue weighted by Gasteiger charge is -2.27. The number of hydrogen-bond acceptors (Lipinski definition) is 4. The van der Waals surface area contributed by atoms with Gasteiger partial charge in [-0.25, -0.2) is 0 Å². The van der Waals surface area contributed by atoms with Crippen LogP contribution < -0.4 is 0 Å². The topological polar surface area (TPSA) is 67.2 Å². The SMILES string of the molecule is CCCCCCCCC(C#N)(COS(C)(=O)=O)c1ccc(Cl)cc1Cl. The first-order chi connectivity index (χ1) is 11.7. The highest BCUT2D eigenvalue weighted by molar-refractivity contribution is 7.85. The Morgan fingerprint density at radius 3 is 2.36 bits per heavy atom. The number of nitriles is 1. The predicted octanol–water partition coefficient (Wildman–Crippen LogP) is 5.48. The quantitative estimate of drug-likeness (QED) is 0.360. The highest BCUT2D eigenvalue weighted by Gasteiger charge is 2.35. The van der Waals surface area contributed by atoms with Crippen molar-refractivity contribution in [2.45, 2.75) is 57.3 Å². The van der Waals surface area contributed by atoms with E-state index in [-0.39, 0.29) is 6.61 Å². The highest BCUT2D eigenvalue weighted by Crippen LogP contribution is 2.36. The molecule has 0 aliphatic rings. The Morgan fingerprint density at radius 2 is 1.80 bits per heavy atom. The van der Waals surface area contributed by atoms with Crippen LogP contribution in [0.25, 0.3) is 0 Å². The summed E-state index contributed by atoms with van der Waals surface area (Å²) in [5.41, 5.74) is -0.562. The molecule has 0 spiro atoms. The molecule has 0 amide bonds. The second-order valence-corrected chi connectivity index (χ2v) is 8.79. The number of benzene rings is 1. The monoisotopic (exact) mass is 405 g/mol. The maximum atomic E-state index is 11.4. The Kier molecular flexibility index (Phi) is 9.23. The van der Waals surface area contributed by atoms with E-state index in [1.165, 1.54) is 12.8 Å². The van der Waals surface area contributed by atoms with E-state index >= 15 is 0 Å². The second kappa shape index (κ2) is 10.4. The van der Waals surface area contributed by atoms with Gasteiger partial charge >= 0.3 is 0 Å². The summed E-state index contributed by atoms with van der Waals surface area (Å²) < 4.78 is 27.8. The number of halogens is 2. The largest absolute Gasteiger partial charge is 0.268 e. The van der Waals surface area contributed by atoms with Crippen LogP contribution in [0.1, 0.15) is 57.4 Å². The normalized spacial score (nSPS) is 14.0. The zero-order chi connectivity index (χ0) is 18.9. The minimum Gasteiger partial charge on any atom is -0.268 e. The van der Waals surface area contributed by atoms with Crippen LogP contribution in [-0.4, -0.2) is 21.3 Å². The Balaban J connectivity index is 2.97. The summed E-state index contributed by atoms with van der Waals surface area (Å²) in [6.07, 6.45) is 7.86. The number of hydrogen-bond donors (Lipinski definition) is 0. The fourth-order valence-electron chi connectivity index (χ4n) is 2.73. The van der Waals surface area contributed by atoms with Crippen LogP contribution >= 0.6 is 23.2 Å². The van der Waals surface area contributed by atoms with Crippen LogP contribution in [0.2, 0.25) is 10.0 Å². The van der Waals surface area contributed by atoms with Gasteiger partial charge in [-0.1, -0.05) is 74.7 Å². The third kappa shape index (κ3) is 7.53. The fourth-order valence-corrected chi connectivity index (χ4v) is 3.73. The average molecular weight is 406 g/mol. The van der Waals surface area contributed by atoms with Crippen molar-refractivity contribution in [2.24, 2.45) is 0 Å². The molecule has 1 atom stereocenters. The van der Waals surface area contributed by atoms with Crippen molar-refractivity contribution >= 4 is 33.3 Å². The van der Waals surface area contributed by atoms with Crippen LogP contribution in [0.15, 0.2) is 18.2 Å². The van der Waals surface area contributed by atoms with Gasteiger partial charge in [0.1, 0.15) is 5.41 Å². The molecule has 7 heteroatoms. The van der Waals surface area contributed by atoms with Gasteiger partial charge < -0.3 is 0 Å². The molecule has 0 aliphatic heterocycles. The summed E-state index contributed by atoms with van der Waals surface area (Å²) in [4.78, 5) is 0. The van der Waals surface area contributed by atoms with Gasteiger partial charge in [0.25, 0.3) is 10.1 Å². The molecule has 1 rings (SSSR count). The van der Waals surface area contributed by atoms with Gasteiger partial charge in [0.15, 0.2) is 0 Å². The van der Waals surface area contributed by atoms with Gasteiger partial charge in [0.2, 0.25) is 0 Å². The van der Waals surface area contributed by atoms with E-state index in [2.05, 4.69) is 13.0 Å². The molecule has 25 heavy (non-hydrogen) atoms. The van der Waals surface area contributed by atoms with Crippen molar-refractivity contribution in [3.8, 4) is 6.07 Å². The molecule has 4 nitrogen and oxygen atoms in total. The fraction of sp³-hybridized carbons (Fsp3) is 0.611. The van der Waals surface area contributed by atoms with Crippen molar-refractivity contribution in [2.75, 3.05) is 12.9 Å². The standard InChI is InChI=1S/C18H25Cl2NO3S/c1-3-4-5-6-7-8-11-18(13-21,14-24-25(2,22)23)16-10-9-15(19)12-17(16)20/h9-10,12H,3-8,11,14H2,1-2H3. The molecule has 0 saturated carbocycles. The van der Waals surface area contributed by atoms with Crippen molar-refractivity contribution in [3.63, 3.8) is 0 Å². The highest BCUT2D eigenvalue weighted by atomic mass is 35.5. The molecule has 0 heterocycles. The second-order valence-electron chi connectivity index (χ2n) is 6.30. The van der Waals surface area contributed by atoms with E-state index in [0.717, 1.165) is 31.9 Å². The predicted molar refractivity (Wildman–Crippen MR) is 103 cm³/mol. The molecular weight excluding hydrogens is 381 g/mol. The van der Waals surface area contributed by atoms with Gasteiger partial charge in [0.05, 0.1) is 18.9 Å². The summed E-state index contributed by atoms with van der Waals surface area (Å²) in [6.45, 7) is 1.91. The lowest BCUT2D eigenvalue weighted by molar-refractivity contribution is 0.246. The average Bonchev–Trinajstić information content (AvgIpc) is 2.53. The molecular formula is C18H25Cl2NO3S. The lowest BCUT2D eigenvalue weighted by atomic mass is 9.78. The van der Waals surface area contributed by atoms with E-state index in [1.54, 1.807) is 18.2 Å². The maximum absolute atomic E-state index is 11.4. The molecule has 0 fully saturated rings. The Morgan fingerprint density at radius 1 is 1.16 bits per heavy atom. The van der Waals surface area contributed by atoms with Gasteiger partial charge in [-0.15, -0.1) is 0 Å². The molecule has 0 aromatic heterocycles. The van der Waals surface area contributed by atoms with Crippen LogP contribution in [0.5, 0.6) is 0 Å². The molecule has 0 saturated heterocycles. The molecule has 0 N–H and O–H groups in total. The summed E-state index contributed by atoms with van der Waals surface area (Å²) >= 11 is 12.2. The zero-order valence-corrected chi connectivity index (χ0v) is 17.1. The molecule has 0 bridgehead atoms. The third-order valence-electron chi connectivity index (χ3n) is 4.14. The van der Waals surface area contributed by atoms with Crippen molar-refractivity contribution in [1.82, 2.24) is 0 Å². The molecule has 0 aliphatic carbocycles. The van der Waals surface area contributed by atoms with E-state index in [0.29, 0.717) is 22.0 Å². The Labute approximate surface area is 161 Å². The molecule has 1 aromatic rings. The van der Waals surface area contributed by atoms with Crippen molar-refractivity contribution < 1.29 is 12.6 Å². The van der Waals surface area contributed by atoms with Gasteiger partial charge in [0, 0.05) is 10.0 Å². The van der Waals surface area contributed by atoms with E-state index in [4.69, 9.17) is 27.4 Å². The van der Waals surface area contributed by atoms with E-state index < -0.39 is 15.5 Å². The van der Waals surface area contributed by atoms with Crippen molar-refractivity contribution in [1.29, 1.82) is 5.26 Å². The smallest absolute Gasteiger partial charge is 0.264 e. The summed E-state index contributed by atoms with van der Waals surface area (Å²) in [5.74, 6) is 0. The zero-order valence-electron chi connectivity index (χ0n) is 14.7. The Bertz CT molecular complexity index is 701. The summed E-state index contributed by atoms with van der Waals surface area (Å²) in [7, 11) is -3.66. The number of rotatable bonds is 11. The van der Waals surface area contributed by atoms with Crippen LogP contribution in [0.4, 0.5) is 0 Å². The number of unbranched alkanes of at least 4 members (excludes halogenated alkanes) is 5. The first-order valence-electron chi connectivity index (χ1n) is 8.45. The maximum Gasteiger partial charge on any atom is 0.264 e. The minimum absolute atomic E-state index is 0.251. The molecule has 1 unspecified atom stereocenters. The molecule has 1 aromatic carbocycles. The van der Waals surface area contributed by atoms with Crippen LogP contribution in [-0.2, 0) is 19.7 Å². The summed E-state index contributed by atoms with van der Waals surface area (Å²) in [6, 6.07) is 7.14. The first-order valence-corrected chi connectivity index (χ1v) is 11.0. The van der Waals surface area contributed by atoms with Crippen LogP contribution in [0, 0.1) is 11.3 Å². The minimum atomic E-state index is -3.66. The Hall–Kier alpha value is -0.800. The summed E-state index contributed by atoms with van der Waals surface area (Å²) in [5, 5.41) is 10.7. The number of nitrogens with zero attached hydrogens (tertiary/aromatic N) is 1. The van der Waals surface area contributed by atoms with Crippen LogP contribution in [0.3, 0.4) is 0 Å². The third-order valence-corrected chi connectivity index (χ3v) is 5.23. The van der Waals surface area contributed by atoms with Gasteiger partial charge in [-0.2, -0.15) is 13.7 Å². The van der Waals surface area contributed by atoms with E-state index in [9.17, 15) is 13.7 Å². The van der Waals surface area contributed by atoms with Crippen molar-refractivity contribution in [3.05, 3.63) is 33.8 Å². The molecule has 0 radical (unpaired) electrons. The molecule has 140 valence electrons. The lowest BCUT2D eigenvalue weighted by Crippen LogP contribution is -2.32. The van der Waals surface area contributed by atoms with Gasteiger partial charge in [-0.05, 0) is 24.1 Å².